The van der Waals surface area contributed by atoms with Crippen molar-refractivity contribution in [3.05, 3.63) is 33.8 Å². The molecule has 0 radical (unpaired) electrons. The maximum atomic E-state index is 6.10. The molecule has 1 unspecified atom stereocenters. The fourth-order valence-corrected chi connectivity index (χ4v) is 1.75. The first-order valence-corrected chi connectivity index (χ1v) is 5.13. The van der Waals surface area contributed by atoms with E-state index in [2.05, 4.69) is 19.1 Å². The van der Waals surface area contributed by atoms with Crippen LogP contribution >= 0.6 is 11.6 Å². The Morgan fingerprint density at radius 2 is 1.86 bits per heavy atom. The van der Waals surface area contributed by atoms with Crippen molar-refractivity contribution in [1.82, 2.24) is 5.06 Å². The molecule has 2 rings (SSSR count). The number of hydroxylamine groups is 2. The van der Waals surface area contributed by atoms with E-state index >= 15 is 0 Å². The first-order valence-electron chi connectivity index (χ1n) is 4.76. The molecule has 0 aromatic heterocycles. The summed E-state index contributed by atoms with van der Waals surface area (Å²) < 4.78 is 0. The van der Waals surface area contributed by atoms with Crippen molar-refractivity contribution in [2.24, 2.45) is 0 Å². The van der Waals surface area contributed by atoms with Crippen LogP contribution < -0.4 is 0 Å². The van der Waals surface area contributed by atoms with Crippen LogP contribution in [0.5, 0.6) is 0 Å². The summed E-state index contributed by atoms with van der Waals surface area (Å²) in [5, 5.41) is 2.81. The van der Waals surface area contributed by atoms with Crippen LogP contribution in [0.15, 0.2) is 12.1 Å². The molecule has 1 fully saturated rings. The van der Waals surface area contributed by atoms with Gasteiger partial charge in [0.2, 0.25) is 0 Å². The molecule has 0 amide bonds. The zero-order valence-electron chi connectivity index (χ0n) is 8.67. The van der Waals surface area contributed by atoms with E-state index < -0.39 is 0 Å². The fourth-order valence-electron chi connectivity index (χ4n) is 1.64. The van der Waals surface area contributed by atoms with Crippen LogP contribution in [0.2, 0.25) is 5.02 Å². The predicted octanol–water partition coefficient (Wildman–Crippen LogP) is 3.22. The molecular formula is C11H14ClNO. The van der Waals surface area contributed by atoms with E-state index in [9.17, 15) is 0 Å². The molecular weight excluding hydrogens is 198 g/mol. The number of aryl methyl sites for hydroxylation is 2. The third kappa shape index (κ3) is 1.78. The van der Waals surface area contributed by atoms with Gasteiger partial charge in [-0.1, -0.05) is 23.7 Å². The summed E-state index contributed by atoms with van der Waals surface area (Å²) in [5.74, 6) is 0. The van der Waals surface area contributed by atoms with E-state index in [0.29, 0.717) is 6.04 Å². The van der Waals surface area contributed by atoms with Gasteiger partial charge < -0.3 is 0 Å². The zero-order valence-corrected chi connectivity index (χ0v) is 9.43. The Labute approximate surface area is 89.4 Å². The van der Waals surface area contributed by atoms with Crippen LogP contribution in [-0.2, 0) is 4.84 Å². The van der Waals surface area contributed by atoms with Gasteiger partial charge in [0, 0.05) is 5.02 Å². The van der Waals surface area contributed by atoms with Crippen LogP contribution in [0.25, 0.3) is 0 Å². The second-order valence-corrected chi connectivity index (χ2v) is 4.20. The predicted molar refractivity (Wildman–Crippen MR) is 57.1 cm³/mol. The van der Waals surface area contributed by atoms with Crippen LogP contribution in [0, 0.1) is 13.8 Å². The van der Waals surface area contributed by atoms with Crippen molar-refractivity contribution in [2.45, 2.75) is 26.8 Å². The smallest absolute Gasteiger partial charge is 0.145 e. The molecule has 0 bridgehead atoms. The zero-order chi connectivity index (χ0) is 10.3. The molecule has 1 aromatic rings. The highest BCUT2D eigenvalue weighted by atomic mass is 35.5. The maximum absolute atomic E-state index is 6.10. The number of benzene rings is 1. The van der Waals surface area contributed by atoms with E-state index in [0.717, 1.165) is 22.9 Å². The molecule has 0 saturated carbocycles. The number of hydrogen-bond donors (Lipinski definition) is 0. The molecule has 2 atom stereocenters. The Balaban J connectivity index is 2.34. The van der Waals surface area contributed by atoms with Gasteiger partial charge in [-0.2, -0.15) is 5.06 Å². The molecule has 1 aliphatic heterocycles. The molecule has 14 heavy (non-hydrogen) atoms. The lowest BCUT2D eigenvalue weighted by Gasteiger charge is -2.13. The van der Waals surface area contributed by atoms with Crippen molar-refractivity contribution < 1.29 is 4.84 Å². The fraction of sp³-hybridized carbons (Fsp3) is 0.455. The minimum atomic E-state index is 0.324. The molecule has 0 aliphatic carbocycles. The summed E-state index contributed by atoms with van der Waals surface area (Å²) >= 11 is 6.10. The number of rotatable bonds is 2. The minimum absolute atomic E-state index is 0.324. The first-order chi connectivity index (χ1) is 6.59. The van der Waals surface area contributed by atoms with Gasteiger partial charge in [-0.05, 0) is 37.5 Å². The Bertz CT molecular complexity index is 337. The van der Waals surface area contributed by atoms with Crippen molar-refractivity contribution in [3.63, 3.8) is 0 Å². The van der Waals surface area contributed by atoms with E-state index in [1.54, 1.807) is 0 Å². The summed E-state index contributed by atoms with van der Waals surface area (Å²) in [7, 11) is 0. The lowest BCUT2D eigenvalue weighted by molar-refractivity contribution is 0.156. The summed E-state index contributed by atoms with van der Waals surface area (Å²) in [6.45, 7) is 6.94. The van der Waals surface area contributed by atoms with Gasteiger partial charge in [-0.25, -0.2) is 0 Å². The molecule has 3 heteroatoms. The average molecular weight is 212 g/mol. The molecule has 1 aliphatic rings. The maximum Gasteiger partial charge on any atom is 0.145 e. The number of hydrogen-bond acceptors (Lipinski definition) is 2. The minimum Gasteiger partial charge on any atom is -0.278 e. The molecule has 1 aromatic carbocycles. The summed E-state index contributed by atoms with van der Waals surface area (Å²) in [4.78, 5) is 5.14. The number of nitrogens with zero attached hydrogens (tertiary/aromatic N) is 1. The van der Waals surface area contributed by atoms with Gasteiger partial charge in [-0.3, -0.25) is 4.84 Å². The van der Waals surface area contributed by atoms with Crippen LogP contribution in [0.4, 0.5) is 0 Å². The van der Waals surface area contributed by atoms with Gasteiger partial charge in [0.05, 0.1) is 6.04 Å². The Morgan fingerprint density at radius 3 is 2.29 bits per heavy atom. The topological polar surface area (TPSA) is 15.5 Å². The largest absolute Gasteiger partial charge is 0.278 e. The van der Waals surface area contributed by atoms with Gasteiger partial charge in [0.25, 0.3) is 0 Å². The SMILES string of the molecule is Cc1cc([C@@H](C)N2CO2)cc(C)c1Cl. The third-order valence-electron chi connectivity index (χ3n) is 2.65. The van der Waals surface area contributed by atoms with Gasteiger partial charge in [0.15, 0.2) is 0 Å². The molecule has 76 valence electrons. The highest BCUT2D eigenvalue weighted by Gasteiger charge is 2.27. The van der Waals surface area contributed by atoms with Crippen LogP contribution in [0.1, 0.15) is 29.7 Å². The van der Waals surface area contributed by atoms with Gasteiger partial charge in [-0.15, -0.1) is 0 Å². The van der Waals surface area contributed by atoms with Crippen LogP contribution in [-0.4, -0.2) is 11.8 Å². The highest BCUT2D eigenvalue weighted by molar-refractivity contribution is 6.32. The third-order valence-corrected chi connectivity index (χ3v) is 3.25. The summed E-state index contributed by atoms with van der Waals surface area (Å²) in [6, 6.07) is 4.58. The number of halogens is 1. The lowest BCUT2D eigenvalue weighted by Crippen LogP contribution is -2.05. The van der Waals surface area contributed by atoms with E-state index in [1.807, 2.05) is 18.9 Å². The Morgan fingerprint density at radius 1 is 1.36 bits per heavy atom. The highest BCUT2D eigenvalue weighted by Crippen LogP contribution is 2.31. The normalized spacial score (nSPS) is 22.1. The van der Waals surface area contributed by atoms with Gasteiger partial charge >= 0.3 is 0 Å². The van der Waals surface area contributed by atoms with Crippen LogP contribution in [0.3, 0.4) is 0 Å². The molecule has 1 heterocycles. The second-order valence-electron chi connectivity index (χ2n) is 3.82. The van der Waals surface area contributed by atoms with Crippen molar-refractivity contribution in [2.75, 3.05) is 6.73 Å². The first kappa shape index (κ1) is 9.97. The molecule has 1 saturated heterocycles. The monoisotopic (exact) mass is 211 g/mol. The summed E-state index contributed by atoms with van der Waals surface area (Å²) in [6.07, 6.45) is 0. The second kappa shape index (κ2) is 3.54. The quantitative estimate of drug-likeness (QED) is 0.698. The Hall–Kier alpha value is -0.570. The van der Waals surface area contributed by atoms with E-state index in [-0.39, 0.29) is 0 Å². The van der Waals surface area contributed by atoms with Crippen molar-refractivity contribution in [3.8, 4) is 0 Å². The van der Waals surface area contributed by atoms with E-state index in [1.165, 1.54) is 5.56 Å². The molecule has 0 N–H and O–H groups in total. The van der Waals surface area contributed by atoms with Crippen molar-refractivity contribution >= 4 is 11.6 Å². The average Bonchev–Trinajstić information content (AvgIpc) is 2.95. The molecule has 0 spiro atoms. The summed E-state index contributed by atoms with van der Waals surface area (Å²) in [5.41, 5.74) is 3.53. The van der Waals surface area contributed by atoms with E-state index in [4.69, 9.17) is 16.4 Å². The van der Waals surface area contributed by atoms with Crippen molar-refractivity contribution in [1.29, 1.82) is 0 Å². The van der Waals surface area contributed by atoms with Gasteiger partial charge in [0.1, 0.15) is 6.73 Å². The standard InChI is InChI=1S/C11H14ClNO/c1-7-4-10(5-8(2)11(7)12)9(3)13-6-14-13/h4-5,9H,6H2,1-3H3/t9-,13?/m1/s1. The Kier molecular flexibility index (Phi) is 2.52. The molecule has 2 nitrogen and oxygen atoms in total. The lowest BCUT2D eigenvalue weighted by atomic mass is 10.0.